The van der Waals surface area contributed by atoms with E-state index in [-0.39, 0.29) is 5.92 Å². The number of hydrogen-bond acceptors (Lipinski definition) is 2. The van der Waals surface area contributed by atoms with Crippen LogP contribution in [0.3, 0.4) is 0 Å². The third kappa shape index (κ3) is 5.70. The number of Topliss-reactive ketones (excluding diaryl/α,β-unsaturated/α-hetero) is 1. The molecule has 1 aromatic heterocycles. The van der Waals surface area contributed by atoms with Crippen LogP contribution in [-0.2, 0) is 4.79 Å². The number of ketones is 1. The molecule has 1 aromatic carbocycles. The number of benzene rings is 1. The summed E-state index contributed by atoms with van der Waals surface area (Å²) in [5.41, 5.74) is 4.69. The molecule has 0 radical (unpaired) electrons. The van der Waals surface area contributed by atoms with Gasteiger partial charge >= 0.3 is 0 Å². The largest absolute Gasteiger partial charge is 0.299 e. The lowest BCUT2D eigenvalue weighted by molar-refractivity contribution is -0.124. The van der Waals surface area contributed by atoms with Crippen molar-refractivity contribution in [2.24, 2.45) is 35.5 Å². The van der Waals surface area contributed by atoms with Crippen LogP contribution in [0.5, 0.6) is 0 Å². The van der Waals surface area contributed by atoms with E-state index in [0.29, 0.717) is 35.4 Å². The van der Waals surface area contributed by atoms with Crippen LogP contribution in [-0.4, -0.2) is 10.8 Å². The van der Waals surface area contributed by atoms with Crippen molar-refractivity contribution < 1.29 is 4.79 Å². The first-order valence-corrected chi connectivity index (χ1v) is 13.7. The predicted molar refractivity (Wildman–Crippen MR) is 143 cm³/mol. The highest BCUT2D eigenvalue weighted by molar-refractivity contribution is 5.81. The normalized spacial score (nSPS) is 30.4. The van der Waals surface area contributed by atoms with Gasteiger partial charge in [0.25, 0.3) is 0 Å². The number of pyridine rings is 1. The minimum absolute atomic E-state index is 0.269. The molecule has 0 spiro atoms. The van der Waals surface area contributed by atoms with Crippen molar-refractivity contribution in [1.82, 2.24) is 4.98 Å². The second-order valence-corrected chi connectivity index (χ2v) is 11.0. The van der Waals surface area contributed by atoms with Crippen LogP contribution in [0, 0.1) is 42.4 Å². The van der Waals surface area contributed by atoms with E-state index in [1.54, 1.807) is 0 Å². The van der Waals surface area contributed by atoms with E-state index in [2.05, 4.69) is 76.2 Å². The summed E-state index contributed by atoms with van der Waals surface area (Å²) in [6.07, 6.45) is 16.0. The summed E-state index contributed by atoms with van der Waals surface area (Å²) in [6.45, 7) is 9.04. The van der Waals surface area contributed by atoms with Crippen molar-refractivity contribution in [3.8, 4) is 11.1 Å². The Kier molecular flexibility index (Phi) is 8.40. The van der Waals surface area contributed by atoms with Crippen molar-refractivity contribution in [3.05, 3.63) is 59.9 Å². The molecule has 6 atom stereocenters. The van der Waals surface area contributed by atoms with Crippen molar-refractivity contribution in [2.45, 2.75) is 79.1 Å². The summed E-state index contributed by atoms with van der Waals surface area (Å²) in [5, 5.41) is 0. The molecule has 4 rings (SSSR count). The minimum Gasteiger partial charge on any atom is -0.299 e. The Morgan fingerprint density at radius 2 is 1.85 bits per heavy atom. The maximum Gasteiger partial charge on any atom is 0.136 e. The second-order valence-electron chi connectivity index (χ2n) is 11.0. The van der Waals surface area contributed by atoms with Crippen LogP contribution in [0.4, 0.5) is 0 Å². The van der Waals surface area contributed by atoms with Crippen LogP contribution in [0.1, 0.15) is 83.4 Å². The smallest absolute Gasteiger partial charge is 0.136 e. The Morgan fingerprint density at radius 1 is 1.03 bits per heavy atom. The summed E-state index contributed by atoms with van der Waals surface area (Å²) >= 11 is 0. The lowest BCUT2D eigenvalue weighted by atomic mass is 9.65. The number of rotatable bonds is 5. The molecule has 2 aliphatic rings. The summed E-state index contributed by atoms with van der Waals surface area (Å²) in [5.74, 6) is 3.71. The molecule has 2 saturated carbocycles. The van der Waals surface area contributed by atoms with Crippen molar-refractivity contribution in [1.29, 1.82) is 0 Å². The Bertz CT molecular complexity index is 975. The van der Waals surface area contributed by atoms with Gasteiger partial charge in [0.2, 0.25) is 0 Å². The monoisotopic (exact) mass is 457 g/mol. The molecule has 2 heteroatoms. The molecule has 0 N–H and O–H groups in total. The summed E-state index contributed by atoms with van der Waals surface area (Å²) in [6, 6.07) is 12.9. The number of hydrogen-bond donors (Lipinski definition) is 0. The zero-order valence-corrected chi connectivity index (χ0v) is 21.7. The molecular formula is C32H43NO. The quantitative estimate of drug-likeness (QED) is 0.450. The molecule has 5 unspecified atom stereocenters. The van der Waals surface area contributed by atoms with Crippen LogP contribution >= 0.6 is 0 Å². The summed E-state index contributed by atoms with van der Waals surface area (Å²) in [7, 11) is 0. The van der Waals surface area contributed by atoms with Gasteiger partial charge < -0.3 is 0 Å². The third-order valence-corrected chi connectivity index (χ3v) is 8.96. The third-order valence-electron chi connectivity index (χ3n) is 8.96. The fourth-order valence-electron chi connectivity index (χ4n) is 6.79. The zero-order chi connectivity index (χ0) is 24.1. The number of aromatic nitrogens is 1. The van der Waals surface area contributed by atoms with Gasteiger partial charge in [0.15, 0.2) is 0 Å². The summed E-state index contributed by atoms with van der Waals surface area (Å²) in [4.78, 5) is 18.0. The fourth-order valence-corrected chi connectivity index (χ4v) is 6.79. The molecule has 0 aliphatic heterocycles. The van der Waals surface area contributed by atoms with E-state index < -0.39 is 0 Å². The first kappa shape index (κ1) is 24.9. The van der Waals surface area contributed by atoms with Crippen LogP contribution in [0.2, 0.25) is 0 Å². The topological polar surface area (TPSA) is 30.0 Å². The van der Waals surface area contributed by atoms with Crippen molar-refractivity contribution in [3.63, 3.8) is 0 Å². The van der Waals surface area contributed by atoms with Crippen LogP contribution in [0.15, 0.2) is 48.7 Å². The van der Waals surface area contributed by atoms with E-state index in [1.807, 2.05) is 6.20 Å². The number of carbonyl (C=O) groups excluding carboxylic acids is 1. The van der Waals surface area contributed by atoms with Gasteiger partial charge in [-0.1, -0.05) is 88.4 Å². The molecule has 182 valence electrons. The van der Waals surface area contributed by atoms with Gasteiger partial charge in [0.1, 0.15) is 5.78 Å². The molecule has 2 fully saturated rings. The highest BCUT2D eigenvalue weighted by Crippen LogP contribution is 2.46. The van der Waals surface area contributed by atoms with Crippen LogP contribution < -0.4 is 0 Å². The molecule has 2 nitrogen and oxygen atoms in total. The lowest BCUT2D eigenvalue weighted by Gasteiger charge is -2.40. The van der Waals surface area contributed by atoms with Gasteiger partial charge in [0.05, 0.1) is 5.69 Å². The van der Waals surface area contributed by atoms with E-state index >= 15 is 0 Å². The highest BCUT2D eigenvalue weighted by Gasteiger charge is 2.39. The number of allylic oxidation sites excluding steroid dienone is 1. The standard InChI is InChI=1S/C32H43NO/c1-5-24-20-32(34)25(6-2)19-27-11-7-8-13-31(27)30(23(24)4)17-16-29-15-14-28(21-33-29)26-12-9-10-22(3)18-26/h9-10,12,14-18,21,23-25,27,30-31H,5-8,11,13,19-20H2,1-4H3/b17-16+/t23?,24?,25?,27?,30-,31?/m1/s1. The number of nitrogens with zero attached hydrogens (tertiary/aromatic N) is 1. The Balaban J connectivity index is 1.60. The van der Waals surface area contributed by atoms with E-state index in [4.69, 9.17) is 4.98 Å². The van der Waals surface area contributed by atoms with E-state index in [0.717, 1.165) is 31.4 Å². The molecular weight excluding hydrogens is 414 g/mol. The van der Waals surface area contributed by atoms with Gasteiger partial charge in [-0.2, -0.15) is 0 Å². The molecule has 0 amide bonds. The fraction of sp³-hybridized carbons (Fsp3) is 0.562. The Hall–Kier alpha value is -2.22. The number of aryl methyl sites for hydroxylation is 1. The maximum absolute atomic E-state index is 13.2. The van der Waals surface area contributed by atoms with Crippen molar-refractivity contribution in [2.75, 3.05) is 0 Å². The number of fused-ring (bicyclic) bond motifs is 1. The van der Waals surface area contributed by atoms with Gasteiger partial charge in [-0.3, -0.25) is 9.78 Å². The maximum atomic E-state index is 13.2. The van der Waals surface area contributed by atoms with Gasteiger partial charge in [-0.05, 0) is 73.5 Å². The van der Waals surface area contributed by atoms with E-state index in [9.17, 15) is 4.79 Å². The minimum atomic E-state index is 0.269. The van der Waals surface area contributed by atoms with Crippen LogP contribution in [0.25, 0.3) is 17.2 Å². The summed E-state index contributed by atoms with van der Waals surface area (Å²) < 4.78 is 0. The van der Waals surface area contributed by atoms with E-state index in [1.165, 1.54) is 42.4 Å². The van der Waals surface area contributed by atoms with Gasteiger partial charge in [0, 0.05) is 24.1 Å². The average molecular weight is 458 g/mol. The van der Waals surface area contributed by atoms with Gasteiger partial charge in [-0.15, -0.1) is 0 Å². The van der Waals surface area contributed by atoms with Gasteiger partial charge in [-0.25, -0.2) is 0 Å². The second kappa shape index (κ2) is 11.5. The highest BCUT2D eigenvalue weighted by atomic mass is 16.1. The molecule has 1 heterocycles. The Labute approximate surface area is 207 Å². The first-order chi connectivity index (χ1) is 16.5. The molecule has 2 aliphatic carbocycles. The zero-order valence-electron chi connectivity index (χ0n) is 21.7. The molecule has 0 bridgehead atoms. The Morgan fingerprint density at radius 3 is 2.56 bits per heavy atom. The lowest BCUT2D eigenvalue weighted by Crippen LogP contribution is -2.32. The van der Waals surface area contributed by atoms with Crippen molar-refractivity contribution >= 4 is 11.9 Å². The number of carbonyl (C=O) groups is 1. The predicted octanol–water partition coefficient (Wildman–Crippen LogP) is 8.54. The molecule has 34 heavy (non-hydrogen) atoms. The first-order valence-electron chi connectivity index (χ1n) is 13.7. The molecule has 0 saturated heterocycles. The average Bonchev–Trinajstić information content (AvgIpc) is 2.90. The SMILES string of the molecule is CCC1CC2CCCCC2[C@H](/C=C/c2ccc(-c3cccc(C)c3)cn2)C(C)C(CC)CC1=O. The molecule has 2 aromatic rings.